The molecule has 0 radical (unpaired) electrons. The number of anilines is 1. The predicted octanol–water partition coefficient (Wildman–Crippen LogP) is 3.55. The second-order valence-electron chi connectivity index (χ2n) is 5.86. The Morgan fingerprint density at radius 3 is 2.83 bits per heavy atom. The van der Waals surface area contributed by atoms with Crippen LogP contribution >= 0.6 is 0 Å². The fourth-order valence-corrected chi connectivity index (χ4v) is 2.90. The summed E-state index contributed by atoms with van der Waals surface area (Å²) in [6.45, 7) is 2.88. The van der Waals surface area contributed by atoms with Crippen LogP contribution in [0.5, 0.6) is 0 Å². The first kappa shape index (κ1) is 15.3. The molecule has 5 nitrogen and oxygen atoms in total. The fourth-order valence-electron chi connectivity index (χ4n) is 2.90. The van der Waals surface area contributed by atoms with Crippen LogP contribution in [-0.4, -0.2) is 29.3 Å². The molecule has 23 heavy (non-hydrogen) atoms. The summed E-state index contributed by atoms with van der Waals surface area (Å²) in [5.74, 6) is -0.0661. The van der Waals surface area contributed by atoms with Crippen molar-refractivity contribution in [3.63, 3.8) is 0 Å². The van der Waals surface area contributed by atoms with Crippen molar-refractivity contribution in [2.75, 3.05) is 11.9 Å². The van der Waals surface area contributed by atoms with Crippen molar-refractivity contribution >= 4 is 17.5 Å². The van der Waals surface area contributed by atoms with Gasteiger partial charge in [0.1, 0.15) is 0 Å². The highest BCUT2D eigenvalue weighted by atomic mass is 16.3. The number of nitrogens with zero attached hydrogens (tertiary/aromatic N) is 1. The molecule has 0 bridgehead atoms. The summed E-state index contributed by atoms with van der Waals surface area (Å²) in [5.41, 5.74) is 1.18. The number of carbonyl (C=O) groups excluding carboxylic acids is 2. The van der Waals surface area contributed by atoms with Crippen LogP contribution in [0.2, 0.25) is 0 Å². The SMILES string of the molecule is CC1CCCCN1C(=O)c1cccc(NC(=O)c2ccco2)c1. The highest BCUT2D eigenvalue weighted by molar-refractivity contribution is 6.03. The van der Waals surface area contributed by atoms with Gasteiger partial charge in [0, 0.05) is 23.8 Å². The van der Waals surface area contributed by atoms with Gasteiger partial charge < -0.3 is 14.6 Å². The first-order chi connectivity index (χ1) is 11.1. The molecular formula is C18H20N2O3. The average molecular weight is 312 g/mol. The maximum Gasteiger partial charge on any atom is 0.291 e. The van der Waals surface area contributed by atoms with Crippen LogP contribution in [0, 0.1) is 0 Å². The second kappa shape index (κ2) is 6.69. The minimum atomic E-state index is -0.328. The van der Waals surface area contributed by atoms with Crippen LogP contribution < -0.4 is 5.32 Å². The number of amides is 2. The minimum absolute atomic E-state index is 0.0197. The van der Waals surface area contributed by atoms with E-state index in [2.05, 4.69) is 12.2 Å². The molecule has 1 aromatic carbocycles. The number of likely N-dealkylation sites (tertiary alicyclic amines) is 1. The lowest BCUT2D eigenvalue weighted by Crippen LogP contribution is -2.42. The highest BCUT2D eigenvalue weighted by Gasteiger charge is 2.24. The van der Waals surface area contributed by atoms with Gasteiger partial charge in [0.25, 0.3) is 11.8 Å². The van der Waals surface area contributed by atoms with Gasteiger partial charge in [-0.2, -0.15) is 0 Å². The van der Waals surface area contributed by atoms with Gasteiger partial charge in [-0.05, 0) is 56.5 Å². The van der Waals surface area contributed by atoms with E-state index in [9.17, 15) is 9.59 Å². The fraction of sp³-hybridized carbons (Fsp3) is 0.333. The molecule has 1 saturated heterocycles. The third-order valence-corrected chi connectivity index (χ3v) is 4.18. The van der Waals surface area contributed by atoms with Gasteiger partial charge in [-0.3, -0.25) is 9.59 Å². The smallest absolute Gasteiger partial charge is 0.291 e. The van der Waals surface area contributed by atoms with Crippen molar-refractivity contribution < 1.29 is 14.0 Å². The quantitative estimate of drug-likeness (QED) is 0.942. The molecule has 0 aliphatic carbocycles. The topological polar surface area (TPSA) is 62.6 Å². The van der Waals surface area contributed by atoms with E-state index in [1.54, 1.807) is 36.4 Å². The molecule has 1 atom stereocenters. The van der Waals surface area contributed by atoms with Gasteiger partial charge in [0.2, 0.25) is 0 Å². The van der Waals surface area contributed by atoms with E-state index in [0.29, 0.717) is 11.3 Å². The lowest BCUT2D eigenvalue weighted by atomic mass is 10.0. The first-order valence-corrected chi connectivity index (χ1v) is 7.91. The molecule has 5 heteroatoms. The van der Waals surface area contributed by atoms with Crippen molar-refractivity contribution in [1.29, 1.82) is 0 Å². The Labute approximate surface area is 135 Å². The van der Waals surface area contributed by atoms with Crippen LogP contribution in [-0.2, 0) is 0 Å². The van der Waals surface area contributed by atoms with Crippen molar-refractivity contribution in [3.8, 4) is 0 Å². The summed E-state index contributed by atoms with van der Waals surface area (Å²) in [4.78, 5) is 26.6. The van der Waals surface area contributed by atoms with Crippen LogP contribution in [0.3, 0.4) is 0 Å². The van der Waals surface area contributed by atoms with Crippen molar-refractivity contribution in [2.24, 2.45) is 0 Å². The summed E-state index contributed by atoms with van der Waals surface area (Å²) in [6, 6.07) is 10.6. The molecule has 0 spiro atoms. The summed E-state index contributed by atoms with van der Waals surface area (Å²) in [5, 5.41) is 2.75. The van der Waals surface area contributed by atoms with Crippen LogP contribution in [0.4, 0.5) is 5.69 Å². The number of hydrogen-bond acceptors (Lipinski definition) is 3. The summed E-state index contributed by atoms with van der Waals surface area (Å²) in [6.07, 6.45) is 4.71. The highest BCUT2D eigenvalue weighted by Crippen LogP contribution is 2.21. The predicted molar refractivity (Wildman–Crippen MR) is 87.5 cm³/mol. The lowest BCUT2D eigenvalue weighted by Gasteiger charge is -2.33. The number of benzene rings is 1. The van der Waals surface area contributed by atoms with E-state index in [1.165, 1.54) is 12.7 Å². The monoisotopic (exact) mass is 312 g/mol. The van der Waals surface area contributed by atoms with Gasteiger partial charge in [0.15, 0.2) is 5.76 Å². The Hall–Kier alpha value is -2.56. The van der Waals surface area contributed by atoms with Gasteiger partial charge in [-0.25, -0.2) is 0 Å². The number of piperidine rings is 1. The third-order valence-electron chi connectivity index (χ3n) is 4.18. The molecule has 3 rings (SSSR count). The Kier molecular flexibility index (Phi) is 4.46. The van der Waals surface area contributed by atoms with E-state index in [4.69, 9.17) is 4.42 Å². The molecule has 0 saturated carbocycles. The molecule has 1 aliphatic rings. The summed E-state index contributed by atoms with van der Waals surface area (Å²) < 4.78 is 5.07. The molecular weight excluding hydrogens is 292 g/mol. The van der Waals surface area contributed by atoms with Gasteiger partial charge in [-0.1, -0.05) is 6.07 Å². The molecule has 2 aromatic rings. The molecule has 2 heterocycles. The van der Waals surface area contributed by atoms with E-state index >= 15 is 0 Å². The molecule has 1 N–H and O–H groups in total. The molecule has 1 fully saturated rings. The van der Waals surface area contributed by atoms with E-state index in [-0.39, 0.29) is 23.6 Å². The molecule has 2 amide bonds. The summed E-state index contributed by atoms with van der Waals surface area (Å²) in [7, 11) is 0. The van der Waals surface area contributed by atoms with E-state index < -0.39 is 0 Å². The molecule has 120 valence electrons. The van der Waals surface area contributed by atoms with Crippen molar-refractivity contribution in [1.82, 2.24) is 4.90 Å². The van der Waals surface area contributed by atoms with Crippen LogP contribution in [0.15, 0.2) is 47.1 Å². The van der Waals surface area contributed by atoms with Crippen LogP contribution in [0.25, 0.3) is 0 Å². The zero-order chi connectivity index (χ0) is 16.2. The minimum Gasteiger partial charge on any atom is -0.459 e. The Balaban J connectivity index is 1.74. The molecule has 1 aliphatic heterocycles. The van der Waals surface area contributed by atoms with Crippen molar-refractivity contribution in [3.05, 3.63) is 54.0 Å². The standard InChI is InChI=1S/C18H20N2O3/c1-13-6-2-3-10-20(13)18(22)14-7-4-8-15(12-14)19-17(21)16-9-5-11-23-16/h4-5,7-9,11-13H,2-3,6,10H2,1H3,(H,19,21). The van der Waals surface area contributed by atoms with Crippen LogP contribution in [0.1, 0.15) is 47.1 Å². The number of nitrogens with one attached hydrogen (secondary N) is 1. The van der Waals surface area contributed by atoms with Gasteiger partial charge in [0.05, 0.1) is 6.26 Å². The molecule has 1 aromatic heterocycles. The average Bonchev–Trinajstić information content (AvgIpc) is 3.09. The Morgan fingerprint density at radius 2 is 2.09 bits per heavy atom. The number of hydrogen-bond donors (Lipinski definition) is 1. The Morgan fingerprint density at radius 1 is 1.22 bits per heavy atom. The largest absolute Gasteiger partial charge is 0.459 e. The number of furan rings is 1. The number of carbonyl (C=O) groups is 2. The maximum atomic E-state index is 12.7. The van der Waals surface area contributed by atoms with Crippen molar-refractivity contribution in [2.45, 2.75) is 32.2 Å². The summed E-state index contributed by atoms with van der Waals surface area (Å²) >= 11 is 0. The van der Waals surface area contributed by atoms with Gasteiger partial charge >= 0.3 is 0 Å². The van der Waals surface area contributed by atoms with E-state index in [1.807, 2.05) is 4.90 Å². The van der Waals surface area contributed by atoms with E-state index in [0.717, 1.165) is 19.4 Å². The molecule has 1 unspecified atom stereocenters. The first-order valence-electron chi connectivity index (χ1n) is 7.91. The third kappa shape index (κ3) is 3.44. The lowest BCUT2D eigenvalue weighted by molar-refractivity contribution is 0.0635. The Bertz CT molecular complexity index is 694. The van der Waals surface area contributed by atoms with Gasteiger partial charge in [-0.15, -0.1) is 0 Å². The number of rotatable bonds is 3. The normalized spacial score (nSPS) is 17.8. The zero-order valence-electron chi connectivity index (χ0n) is 13.1. The second-order valence-corrected chi connectivity index (χ2v) is 5.86. The maximum absolute atomic E-state index is 12.7. The zero-order valence-corrected chi connectivity index (χ0v) is 13.1.